The molecule has 0 bridgehead atoms. The summed E-state index contributed by atoms with van der Waals surface area (Å²) in [6.07, 6.45) is 6.38. The zero-order valence-corrected chi connectivity index (χ0v) is 14.4. The summed E-state index contributed by atoms with van der Waals surface area (Å²) < 4.78 is 10.1. The Kier molecular flexibility index (Phi) is 5.49. The first-order valence-electron chi connectivity index (χ1n) is 8.68. The molecule has 1 aliphatic carbocycles. The standard InChI is InChI=1S/C21H22O4/c1-24-20(22)17-8-5-9-18(14-17)21(23)25-19-12-10-16(11-13-19)15-6-3-2-4-7-15/h5,8-15H,2-4,6-7H2,1H3. The summed E-state index contributed by atoms with van der Waals surface area (Å²) in [4.78, 5) is 23.8. The first-order chi connectivity index (χ1) is 12.2. The largest absolute Gasteiger partial charge is 0.465 e. The number of methoxy groups -OCH3 is 1. The molecule has 2 aromatic carbocycles. The van der Waals surface area contributed by atoms with Gasteiger partial charge in [-0.05, 0) is 54.7 Å². The number of esters is 2. The van der Waals surface area contributed by atoms with Crippen LogP contribution in [0.2, 0.25) is 0 Å². The number of rotatable bonds is 4. The fraction of sp³-hybridized carbons (Fsp3) is 0.333. The molecule has 0 aliphatic heterocycles. The van der Waals surface area contributed by atoms with Crippen LogP contribution >= 0.6 is 0 Å². The van der Waals surface area contributed by atoms with Crippen LogP contribution in [0.3, 0.4) is 0 Å². The van der Waals surface area contributed by atoms with Crippen LogP contribution in [-0.2, 0) is 4.74 Å². The average Bonchev–Trinajstić information content (AvgIpc) is 2.68. The van der Waals surface area contributed by atoms with Gasteiger partial charge in [0.2, 0.25) is 0 Å². The monoisotopic (exact) mass is 338 g/mol. The highest BCUT2D eigenvalue weighted by Gasteiger charge is 2.16. The van der Waals surface area contributed by atoms with E-state index in [0.717, 1.165) is 0 Å². The van der Waals surface area contributed by atoms with Gasteiger partial charge in [0.15, 0.2) is 0 Å². The number of hydrogen-bond acceptors (Lipinski definition) is 4. The van der Waals surface area contributed by atoms with Gasteiger partial charge in [-0.3, -0.25) is 0 Å². The Bertz CT molecular complexity index is 743. The second kappa shape index (κ2) is 7.97. The number of ether oxygens (including phenoxy) is 2. The molecule has 2 aromatic rings. The lowest BCUT2D eigenvalue weighted by Gasteiger charge is -2.22. The maximum atomic E-state index is 12.3. The van der Waals surface area contributed by atoms with Crippen molar-refractivity contribution in [2.45, 2.75) is 38.0 Å². The van der Waals surface area contributed by atoms with E-state index in [-0.39, 0.29) is 0 Å². The van der Waals surface area contributed by atoms with E-state index >= 15 is 0 Å². The Morgan fingerprint density at radius 1 is 0.880 bits per heavy atom. The minimum absolute atomic E-state index is 0.319. The molecule has 0 N–H and O–H groups in total. The van der Waals surface area contributed by atoms with Crippen LogP contribution in [0.5, 0.6) is 5.75 Å². The van der Waals surface area contributed by atoms with Gasteiger partial charge in [0.25, 0.3) is 0 Å². The Labute approximate surface area is 147 Å². The fourth-order valence-corrected chi connectivity index (χ4v) is 3.30. The highest BCUT2D eigenvalue weighted by atomic mass is 16.5. The molecule has 0 spiro atoms. The first-order valence-corrected chi connectivity index (χ1v) is 8.68. The molecule has 0 heterocycles. The second-order valence-corrected chi connectivity index (χ2v) is 6.37. The average molecular weight is 338 g/mol. The molecule has 130 valence electrons. The lowest BCUT2D eigenvalue weighted by atomic mass is 9.84. The molecule has 0 atom stereocenters. The first kappa shape index (κ1) is 17.2. The molecule has 25 heavy (non-hydrogen) atoms. The van der Waals surface area contributed by atoms with Crippen molar-refractivity contribution in [3.8, 4) is 5.75 Å². The molecule has 1 saturated carbocycles. The van der Waals surface area contributed by atoms with Crippen LogP contribution in [-0.4, -0.2) is 19.0 Å². The summed E-state index contributed by atoms with van der Waals surface area (Å²) in [5.74, 6) is 0.158. The lowest BCUT2D eigenvalue weighted by Crippen LogP contribution is -2.10. The van der Waals surface area contributed by atoms with Crippen LogP contribution in [0, 0.1) is 0 Å². The Balaban J connectivity index is 1.67. The van der Waals surface area contributed by atoms with Crippen molar-refractivity contribution in [2.75, 3.05) is 7.11 Å². The van der Waals surface area contributed by atoms with Gasteiger partial charge in [-0.1, -0.05) is 37.5 Å². The molecule has 4 nitrogen and oxygen atoms in total. The molecular formula is C21H22O4. The Morgan fingerprint density at radius 3 is 2.16 bits per heavy atom. The summed E-state index contributed by atoms with van der Waals surface area (Å²) in [5, 5.41) is 0. The topological polar surface area (TPSA) is 52.6 Å². The normalized spacial score (nSPS) is 14.8. The Morgan fingerprint density at radius 2 is 1.52 bits per heavy atom. The molecule has 0 radical (unpaired) electrons. The van der Waals surface area contributed by atoms with Crippen molar-refractivity contribution in [1.29, 1.82) is 0 Å². The predicted molar refractivity (Wildman–Crippen MR) is 95.0 cm³/mol. The minimum atomic E-state index is -0.490. The third kappa shape index (κ3) is 4.27. The van der Waals surface area contributed by atoms with Crippen LogP contribution in [0.25, 0.3) is 0 Å². The van der Waals surface area contributed by atoms with Gasteiger partial charge in [-0.2, -0.15) is 0 Å². The van der Waals surface area contributed by atoms with Crippen molar-refractivity contribution in [3.05, 3.63) is 65.2 Å². The number of benzene rings is 2. The van der Waals surface area contributed by atoms with E-state index in [1.165, 1.54) is 50.8 Å². The Hall–Kier alpha value is -2.62. The highest BCUT2D eigenvalue weighted by Crippen LogP contribution is 2.33. The summed E-state index contributed by atoms with van der Waals surface area (Å²) in [7, 11) is 1.31. The van der Waals surface area contributed by atoms with Crippen LogP contribution in [0.15, 0.2) is 48.5 Å². The molecule has 0 aromatic heterocycles. The number of carbonyl (C=O) groups is 2. The van der Waals surface area contributed by atoms with Crippen molar-refractivity contribution in [1.82, 2.24) is 0 Å². The van der Waals surface area contributed by atoms with Gasteiger partial charge in [-0.25, -0.2) is 9.59 Å². The number of hydrogen-bond donors (Lipinski definition) is 0. The fourth-order valence-electron chi connectivity index (χ4n) is 3.30. The summed E-state index contributed by atoms with van der Waals surface area (Å²) in [6.45, 7) is 0. The predicted octanol–water partition coefficient (Wildman–Crippen LogP) is 4.74. The summed E-state index contributed by atoms with van der Waals surface area (Å²) in [5.41, 5.74) is 1.95. The maximum absolute atomic E-state index is 12.3. The molecule has 4 heteroatoms. The van der Waals surface area contributed by atoms with Gasteiger partial charge < -0.3 is 9.47 Å². The highest BCUT2D eigenvalue weighted by molar-refractivity contribution is 5.96. The molecule has 0 saturated heterocycles. The second-order valence-electron chi connectivity index (χ2n) is 6.37. The lowest BCUT2D eigenvalue weighted by molar-refractivity contribution is 0.0600. The van der Waals surface area contributed by atoms with E-state index in [4.69, 9.17) is 4.74 Å². The van der Waals surface area contributed by atoms with Crippen molar-refractivity contribution < 1.29 is 19.1 Å². The molecule has 0 unspecified atom stereocenters. The quantitative estimate of drug-likeness (QED) is 0.597. The SMILES string of the molecule is COC(=O)c1cccc(C(=O)Oc2ccc(C3CCCCC3)cc2)c1. The zero-order chi connectivity index (χ0) is 17.6. The minimum Gasteiger partial charge on any atom is -0.465 e. The smallest absolute Gasteiger partial charge is 0.343 e. The van der Waals surface area contributed by atoms with Crippen molar-refractivity contribution >= 4 is 11.9 Å². The van der Waals surface area contributed by atoms with E-state index < -0.39 is 11.9 Å². The van der Waals surface area contributed by atoms with Crippen LogP contribution < -0.4 is 4.74 Å². The van der Waals surface area contributed by atoms with Crippen molar-refractivity contribution in [2.24, 2.45) is 0 Å². The van der Waals surface area contributed by atoms with E-state index in [2.05, 4.69) is 4.74 Å². The van der Waals surface area contributed by atoms with Crippen molar-refractivity contribution in [3.63, 3.8) is 0 Å². The van der Waals surface area contributed by atoms with E-state index in [9.17, 15) is 9.59 Å². The van der Waals surface area contributed by atoms with Gasteiger partial charge >= 0.3 is 11.9 Å². The van der Waals surface area contributed by atoms with Gasteiger partial charge in [0.05, 0.1) is 18.2 Å². The number of carbonyl (C=O) groups excluding carboxylic acids is 2. The van der Waals surface area contributed by atoms with E-state index in [0.29, 0.717) is 22.8 Å². The van der Waals surface area contributed by atoms with Crippen LogP contribution in [0.1, 0.15) is 64.3 Å². The van der Waals surface area contributed by atoms with Gasteiger partial charge in [0.1, 0.15) is 5.75 Å². The zero-order valence-electron chi connectivity index (χ0n) is 14.4. The molecule has 3 rings (SSSR count). The molecule has 1 fully saturated rings. The van der Waals surface area contributed by atoms with E-state index in [1.54, 1.807) is 18.2 Å². The third-order valence-electron chi connectivity index (χ3n) is 4.69. The molecular weight excluding hydrogens is 316 g/mol. The van der Waals surface area contributed by atoms with E-state index in [1.807, 2.05) is 24.3 Å². The summed E-state index contributed by atoms with van der Waals surface area (Å²) >= 11 is 0. The summed E-state index contributed by atoms with van der Waals surface area (Å²) in [6, 6.07) is 14.1. The molecule has 0 amide bonds. The van der Waals surface area contributed by atoms with Gasteiger partial charge in [0, 0.05) is 0 Å². The third-order valence-corrected chi connectivity index (χ3v) is 4.69. The molecule has 1 aliphatic rings. The maximum Gasteiger partial charge on any atom is 0.343 e. The van der Waals surface area contributed by atoms with Crippen LogP contribution in [0.4, 0.5) is 0 Å². The van der Waals surface area contributed by atoms with Gasteiger partial charge in [-0.15, -0.1) is 0 Å².